The number of carbonyl (C=O) groups excluding carboxylic acids is 1. The number of phosphoric ester groups is 1. The molecule has 0 spiro atoms. The van der Waals surface area contributed by atoms with E-state index in [1.807, 2.05) is 13.8 Å². The summed E-state index contributed by atoms with van der Waals surface area (Å²) < 4.78 is 49.6. The number of amides is 1. The van der Waals surface area contributed by atoms with Gasteiger partial charge in [0.25, 0.3) is 12.1 Å². The minimum Gasteiger partial charge on any atom is -0.387 e. The first-order chi connectivity index (χ1) is 13.3. The molecule has 3 N–H and O–H groups in total. The molecule has 0 radical (unpaired) electrons. The summed E-state index contributed by atoms with van der Waals surface area (Å²) >= 11 is 0. The molecule has 0 aromatic carbocycles. The fourth-order valence-corrected chi connectivity index (χ4v) is 3.93. The molecule has 158 valence electrons. The Balaban J connectivity index is 2.06. The van der Waals surface area contributed by atoms with E-state index in [1.165, 1.54) is 29.1 Å². The van der Waals surface area contributed by atoms with E-state index in [1.54, 1.807) is 0 Å². The molecule has 11 heteroatoms. The normalized spacial score (nSPS) is 25.1. The molecule has 1 fully saturated rings. The molecule has 4 atom stereocenters. The molecular weight excluding hydrogens is 394 g/mol. The number of alkyl halides is 1. The molecule has 1 saturated heterocycles. The van der Waals surface area contributed by atoms with Crippen LogP contribution in [0.3, 0.4) is 0 Å². The predicted octanol–water partition coefficient (Wildman–Crippen LogP) is 1.65. The van der Waals surface area contributed by atoms with Crippen LogP contribution in [0.15, 0.2) is 24.5 Å². The number of halogens is 1. The number of primary amides is 1. The second kappa shape index (κ2) is 10.4. The largest absolute Gasteiger partial charge is 0.474 e. The van der Waals surface area contributed by atoms with Crippen LogP contribution in [0.2, 0.25) is 0 Å². The van der Waals surface area contributed by atoms with Crippen molar-refractivity contribution >= 4 is 13.7 Å². The Morgan fingerprint density at radius 1 is 1.32 bits per heavy atom. The maximum Gasteiger partial charge on any atom is 0.474 e. The molecule has 0 saturated carbocycles. The average molecular weight is 421 g/mol. The lowest BCUT2D eigenvalue weighted by Crippen LogP contribution is -2.45. The lowest BCUT2D eigenvalue weighted by molar-refractivity contribution is -0.764. The number of aliphatic hydroxyl groups is 1. The van der Waals surface area contributed by atoms with Crippen LogP contribution in [-0.2, 0) is 22.9 Å². The number of carbonyl (C=O) groups is 1. The maximum atomic E-state index is 14.6. The Hall–Kier alpha value is -1.42. The van der Waals surface area contributed by atoms with Gasteiger partial charge in [-0.25, -0.2) is 8.96 Å². The highest BCUT2D eigenvalue weighted by molar-refractivity contribution is 7.48. The van der Waals surface area contributed by atoms with E-state index >= 15 is 0 Å². The first kappa shape index (κ1) is 22.9. The Labute approximate surface area is 163 Å². The summed E-state index contributed by atoms with van der Waals surface area (Å²) in [5, 5.41) is 10.2. The molecule has 1 aliphatic heterocycles. The molecule has 1 amide bonds. The van der Waals surface area contributed by atoms with Crippen molar-refractivity contribution in [2.24, 2.45) is 5.73 Å². The fraction of sp³-hybridized carbons (Fsp3) is 0.647. The molecule has 1 aromatic rings. The van der Waals surface area contributed by atoms with Crippen LogP contribution < -0.4 is 10.3 Å². The molecule has 2 heterocycles. The van der Waals surface area contributed by atoms with Crippen LogP contribution >= 0.6 is 7.82 Å². The summed E-state index contributed by atoms with van der Waals surface area (Å²) in [4.78, 5) is 11.3. The standard InChI is InChI=1S/C17H26FN2O7P/c1-3-8-24-28(23,25-9-4-2)26-11-13-15(21)14(18)17(27-13)20-7-5-6-12(10-20)16(19)22/h5-7,10,13-15,17,21H,3-4,8-9,11H2,1-2H3,(H-,19,22)/p+1/t13?,14-,15+,17?/m0/s1. The first-order valence-electron chi connectivity index (χ1n) is 9.13. The molecule has 1 aromatic heterocycles. The van der Waals surface area contributed by atoms with Crippen LogP contribution in [-0.4, -0.2) is 49.2 Å². The third-order valence-electron chi connectivity index (χ3n) is 4.00. The number of phosphoric acid groups is 1. The van der Waals surface area contributed by atoms with Gasteiger partial charge in [0.1, 0.15) is 17.8 Å². The van der Waals surface area contributed by atoms with Crippen molar-refractivity contribution in [3.05, 3.63) is 30.1 Å². The van der Waals surface area contributed by atoms with Gasteiger partial charge in [-0.2, -0.15) is 4.57 Å². The van der Waals surface area contributed by atoms with E-state index in [9.17, 15) is 18.9 Å². The Morgan fingerprint density at radius 3 is 2.54 bits per heavy atom. The van der Waals surface area contributed by atoms with Gasteiger partial charge in [-0.3, -0.25) is 18.4 Å². The van der Waals surface area contributed by atoms with Gasteiger partial charge in [-0.15, -0.1) is 0 Å². The number of aromatic nitrogens is 1. The summed E-state index contributed by atoms with van der Waals surface area (Å²) in [6, 6.07) is 2.99. The van der Waals surface area contributed by atoms with E-state index in [0.717, 1.165) is 0 Å². The van der Waals surface area contributed by atoms with E-state index in [-0.39, 0.29) is 18.8 Å². The van der Waals surface area contributed by atoms with Crippen LogP contribution in [0.1, 0.15) is 43.3 Å². The monoisotopic (exact) mass is 421 g/mol. The zero-order chi connectivity index (χ0) is 20.7. The Bertz CT molecular complexity index is 696. The van der Waals surface area contributed by atoms with Crippen molar-refractivity contribution in [2.45, 2.75) is 51.3 Å². The van der Waals surface area contributed by atoms with Gasteiger partial charge < -0.3 is 15.6 Å². The first-order valence-corrected chi connectivity index (χ1v) is 10.6. The number of nitrogens with two attached hydrogens (primary N) is 1. The third kappa shape index (κ3) is 5.79. The summed E-state index contributed by atoms with van der Waals surface area (Å²) in [7, 11) is -3.85. The summed E-state index contributed by atoms with van der Waals surface area (Å²) in [6.07, 6.45) is -1.60. The van der Waals surface area contributed by atoms with E-state index < -0.39 is 44.9 Å². The molecule has 2 rings (SSSR count). The topological polar surface area (TPSA) is 121 Å². The molecule has 28 heavy (non-hydrogen) atoms. The van der Waals surface area contributed by atoms with Gasteiger partial charge in [0.2, 0.25) is 6.17 Å². The number of rotatable bonds is 11. The third-order valence-corrected chi connectivity index (χ3v) is 5.46. The number of hydrogen-bond acceptors (Lipinski definition) is 7. The highest BCUT2D eigenvalue weighted by Crippen LogP contribution is 2.50. The van der Waals surface area contributed by atoms with Crippen LogP contribution in [0.5, 0.6) is 0 Å². The molecule has 1 aliphatic rings. The van der Waals surface area contributed by atoms with Gasteiger partial charge in [0.15, 0.2) is 12.4 Å². The van der Waals surface area contributed by atoms with Gasteiger partial charge in [-0.1, -0.05) is 13.8 Å². The lowest BCUT2D eigenvalue weighted by Gasteiger charge is -2.20. The van der Waals surface area contributed by atoms with Crippen molar-refractivity contribution in [3.8, 4) is 0 Å². The number of hydrogen-bond donors (Lipinski definition) is 2. The van der Waals surface area contributed by atoms with Crippen molar-refractivity contribution < 1.29 is 41.7 Å². The maximum absolute atomic E-state index is 14.6. The minimum atomic E-state index is -3.85. The zero-order valence-electron chi connectivity index (χ0n) is 15.9. The van der Waals surface area contributed by atoms with Crippen LogP contribution in [0, 0.1) is 0 Å². The number of nitrogens with zero attached hydrogens (tertiary/aromatic N) is 1. The van der Waals surface area contributed by atoms with E-state index in [0.29, 0.717) is 12.8 Å². The van der Waals surface area contributed by atoms with Crippen molar-refractivity contribution in [1.29, 1.82) is 0 Å². The second-order valence-electron chi connectivity index (χ2n) is 6.31. The quantitative estimate of drug-likeness (QED) is 0.412. The van der Waals surface area contributed by atoms with Gasteiger partial charge in [0.05, 0.1) is 19.8 Å². The molecule has 0 aliphatic carbocycles. The smallest absolute Gasteiger partial charge is 0.387 e. The van der Waals surface area contributed by atoms with Crippen LogP contribution in [0.25, 0.3) is 0 Å². The van der Waals surface area contributed by atoms with Crippen LogP contribution in [0.4, 0.5) is 4.39 Å². The number of pyridine rings is 1. The molecule has 9 nitrogen and oxygen atoms in total. The molecule has 2 unspecified atom stereocenters. The minimum absolute atomic E-state index is 0.165. The summed E-state index contributed by atoms with van der Waals surface area (Å²) in [5.41, 5.74) is 5.40. The fourth-order valence-electron chi connectivity index (χ4n) is 2.56. The predicted molar refractivity (Wildman–Crippen MR) is 96.0 cm³/mol. The van der Waals surface area contributed by atoms with Gasteiger partial charge in [-0.05, 0) is 18.9 Å². The molecule has 0 bridgehead atoms. The lowest BCUT2D eigenvalue weighted by atomic mass is 10.1. The SMILES string of the molecule is CCCOP(=O)(OCCC)OCC1OC([n+]2cccc(C(N)=O)c2)[C@@H](F)[C@@H]1O. The van der Waals surface area contributed by atoms with Crippen molar-refractivity contribution in [3.63, 3.8) is 0 Å². The average Bonchev–Trinajstić information content (AvgIpc) is 2.98. The highest BCUT2D eigenvalue weighted by Gasteiger charge is 2.50. The number of ether oxygens (including phenoxy) is 1. The van der Waals surface area contributed by atoms with Crippen molar-refractivity contribution in [1.82, 2.24) is 0 Å². The summed E-state index contributed by atoms with van der Waals surface area (Å²) in [6.45, 7) is 3.62. The van der Waals surface area contributed by atoms with Gasteiger partial charge >= 0.3 is 7.82 Å². The Morgan fingerprint density at radius 2 is 1.96 bits per heavy atom. The highest BCUT2D eigenvalue weighted by atomic mass is 31.2. The number of aliphatic hydroxyl groups excluding tert-OH is 1. The van der Waals surface area contributed by atoms with E-state index in [4.69, 9.17) is 24.0 Å². The summed E-state index contributed by atoms with van der Waals surface area (Å²) in [5.74, 6) is -0.676. The Kier molecular flexibility index (Phi) is 8.48. The van der Waals surface area contributed by atoms with Gasteiger partial charge in [0, 0.05) is 6.07 Å². The second-order valence-corrected chi connectivity index (χ2v) is 7.98. The van der Waals surface area contributed by atoms with Crippen molar-refractivity contribution in [2.75, 3.05) is 19.8 Å². The zero-order valence-corrected chi connectivity index (χ0v) is 16.8. The van der Waals surface area contributed by atoms with E-state index in [2.05, 4.69) is 0 Å². The molecular formula is C17H27FN2O7P+.